The number of unbranched alkanes of at least 4 members (excludes halogenated alkanes) is 4. The van der Waals surface area contributed by atoms with Crippen molar-refractivity contribution in [2.75, 3.05) is 0 Å². The lowest BCUT2D eigenvalue weighted by Crippen LogP contribution is -1.70. The Kier molecular flexibility index (Phi) is 8.51. The lowest BCUT2D eigenvalue weighted by Gasteiger charge is -1.90. The van der Waals surface area contributed by atoms with Crippen molar-refractivity contribution >= 4 is 0 Å². The van der Waals surface area contributed by atoms with E-state index in [-0.39, 0.29) is 0 Å². The molecule has 0 aromatic carbocycles. The lowest BCUT2D eigenvalue weighted by molar-refractivity contribution is 0.728. The molecule has 0 heterocycles. The Morgan fingerprint density at radius 2 is 2.00 bits per heavy atom. The number of hydrogen-bond acceptors (Lipinski definition) is 0. The van der Waals surface area contributed by atoms with E-state index >= 15 is 0 Å². The summed E-state index contributed by atoms with van der Waals surface area (Å²) in [5, 5.41) is 0. The summed E-state index contributed by atoms with van der Waals surface area (Å²) in [5.41, 5.74) is 0. The van der Waals surface area contributed by atoms with Crippen molar-refractivity contribution in [2.24, 2.45) is 0 Å². The maximum atomic E-state index is 3.64. The van der Waals surface area contributed by atoms with E-state index in [0.29, 0.717) is 0 Å². The second-order valence-electron chi connectivity index (χ2n) is 2.49. The highest BCUT2D eigenvalue weighted by atomic mass is 13.9. The summed E-state index contributed by atoms with van der Waals surface area (Å²) in [5.74, 6) is 0. The van der Waals surface area contributed by atoms with Gasteiger partial charge in [0.05, 0.1) is 0 Å². The van der Waals surface area contributed by atoms with Gasteiger partial charge in [-0.05, 0) is 32.6 Å². The maximum Gasteiger partial charge on any atom is -0.0319 e. The third kappa shape index (κ3) is 7.74. The molecule has 0 unspecified atom stereocenters. The van der Waals surface area contributed by atoms with Crippen LogP contribution in [0.3, 0.4) is 0 Å². The summed E-state index contributed by atoms with van der Waals surface area (Å²) < 4.78 is 0. The van der Waals surface area contributed by atoms with E-state index in [9.17, 15) is 0 Å². The molecular formula is C10H18. The van der Waals surface area contributed by atoms with Gasteiger partial charge in [0.2, 0.25) is 0 Å². The molecule has 0 aliphatic rings. The molecule has 0 atom stereocenters. The molecule has 2 radical (unpaired) electrons. The monoisotopic (exact) mass is 138 g/mol. The van der Waals surface area contributed by atoms with Gasteiger partial charge in [-0.3, -0.25) is 0 Å². The second-order valence-corrected chi connectivity index (χ2v) is 2.49. The topological polar surface area (TPSA) is 0 Å². The van der Waals surface area contributed by atoms with Crippen LogP contribution in [0.2, 0.25) is 0 Å². The molecule has 0 saturated carbocycles. The quantitative estimate of drug-likeness (QED) is 0.389. The largest absolute Gasteiger partial charge is 0.0885 e. The van der Waals surface area contributed by atoms with Gasteiger partial charge >= 0.3 is 0 Å². The molecule has 0 spiro atoms. The summed E-state index contributed by atoms with van der Waals surface area (Å²) in [6.07, 6.45) is 12.6. The van der Waals surface area contributed by atoms with Gasteiger partial charge in [-0.1, -0.05) is 31.9 Å². The van der Waals surface area contributed by atoms with Crippen molar-refractivity contribution in [3.63, 3.8) is 0 Å². The van der Waals surface area contributed by atoms with Crippen LogP contribution in [0.25, 0.3) is 0 Å². The van der Waals surface area contributed by atoms with Gasteiger partial charge in [-0.2, -0.15) is 0 Å². The average molecular weight is 138 g/mol. The minimum Gasteiger partial charge on any atom is -0.0885 e. The molecule has 0 aliphatic heterocycles. The van der Waals surface area contributed by atoms with Gasteiger partial charge in [-0.25, -0.2) is 0 Å². The molecule has 0 heteroatoms. The Labute approximate surface area is 65.3 Å². The molecule has 0 rings (SSSR count). The third-order valence-electron chi connectivity index (χ3n) is 1.44. The number of allylic oxidation sites excluding steroid dienone is 2. The van der Waals surface area contributed by atoms with Crippen molar-refractivity contribution in [1.82, 2.24) is 0 Å². The van der Waals surface area contributed by atoms with Gasteiger partial charge in [0, 0.05) is 0 Å². The van der Waals surface area contributed by atoms with Crippen LogP contribution >= 0.6 is 0 Å². The highest BCUT2D eigenvalue weighted by Crippen LogP contribution is 2.00. The Hall–Kier alpha value is -0.260. The highest BCUT2D eigenvalue weighted by Gasteiger charge is 1.80. The molecular weight excluding hydrogens is 120 g/mol. The summed E-state index contributed by atoms with van der Waals surface area (Å²) >= 11 is 0. The van der Waals surface area contributed by atoms with Gasteiger partial charge in [0.25, 0.3) is 0 Å². The molecule has 0 bridgehead atoms. The summed E-state index contributed by atoms with van der Waals surface area (Å²) in [6.45, 7) is 5.87. The molecule has 0 nitrogen and oxygen atoms in total. The SMILES string of the molecule is [CH2][CH]CC=CCCCCC. The molecule has 58 valence electrons. The van der Waals surface area contributed by atoms with E-state index in [1.54, 1.807) is 0 Å². The van der Waals surface area contributed by atoms with Crippen LogP contribution in [-0.4, -0.2) is 0 Å². The summed E-state index contributed by atoms with van der Waals surface area (Å²) in [4.78, 5) is 0. The maximum absolute atomic E-state index is 3.64. The zero-order valence-corrected chi connectivity index (χ0v) is 6.97. The molecule has 0 aromatic heterocycles. The predicted molar refractivity (Wildman–Crippen MR) is 47.6 cm³/mol. The van der Waals surface area contributed by atoms with E-state index in [2.05, 4.69) is 26.0 Å². The number of rotatable bonds is 6. The third-order valence-corrected chi connectivity index (χ3v) is 1.44. The highest BCUT2D eigenvalue weighted by molar-refractivity contribution is 4.87. The molecule has 0 fully saturated rings. The van der Waals surface area contributed by atoms with Crippen molar-refractivity contribution in [3.05, 3.63) is 25.5 Å². The molecule has 10 heavy (non-hydrogen) atoms. The van der Waals surface area contributed by atoms with Crippen molar-refractivity contribution in [2.45, 2.75) is 39.0 Å². The van der Waals surface area contributed by atoms with Crippen LogP contribution in [0.15, 0.2) is 12.2 Å². The van der Waals surface area contributed by atoms with Crippen LogP contribution in [0.1, 0.15) is 39.0 Å². The zero-order valence-electron chi connectivity index (χ0n) is 6.97. The summed E-state index contributed by atoms with van der Waals surface area (Å²) in [7, 11) is 0. The molecule has 0 N–H and O–H groups in total. The first-order valence-electron chi connectivity index (χ1n) is 4.17. The standard InChI is InChI=1S/C10H18/c1-3-5-7-9-10-8-6-4-2/h3,7,9H,1,4-6,8,10H2,2H3. The average Bonchev–Trinajstić information content (AvgIpc) is 1.97. The van der Waals surface area contributed by atoms with Crippen LogP contribution < -0.4 is 0 Å². The lowest BCUT2D eigenvalue weighted by atomic mass is 10.2. The fourth-order valence-electron chi connectivity index (χ4n) is 0.822. The first kappa shape index (κ1) is 9.74. The molecule has 0 aromatic rings. The Balaban J connectivity index is 2.88. The smallest absolute Gasteiger partial charge is 0.0319 e. The van der Waals surface area contributed by atoms with Gasteiger partial charge in [0.15, 0.2) is 0 Å². The fraction of sp³-hybridized carbons (Fsp3) is 0.600. The minimum atomic E-state index is 1.02. The minimum absolute atomic E-state index is 1.02. The van der Waals surface area contributed by atoms with Crippen LogP contribution in [0.5, 0.6) is 0 Å². The van der Waals surface area contributed by atoms with E-state index in [0.717, 1.165) is 6.42 Å². The fourth-order valence-corrected chi connectivity index (χ4v) is 0.822. The predicted octanol–water partition coefficient (Wildman–Crippen LogP) is 3.55. The van der Waals surface area contributed by atoms with Gasteiger partial charge in [0.1, 0.15) is 0 Å². The van der Waals surface area contributed by atoms with Crippen LogP contribution in [0, 0.1) is 13.3 Å². The van der Waals surface area contributed by atoms with E-state index in [4.69, 9.17) is 0 Å². The normalized spacial score (nSPS) is 11.0. The van der Waals surface area contributed by atoms with Gasteiger partial charge < -0.3 is 0 Å². The van der Waals surface area contributed by atoms with Gasteiger partial charge in [-0.15, -0.1) is 0 Å². The zero-order chi connectivity index (χ0) is 7.66. The van der Waals surface area contributed by atoms with E-state index in [1.807, 2.05) is 6.42 Å². The summed E-state index contributed by atoms with van der Waals surface area (Å²) in [6, 6.07) is 0. The molecule has 0 amide bonds. The first-order valence-corrected chi connectivity index (χ1v) is 4.17. The molecule has 0 saturated heterocycles. The molecule has 0 aliphatic carbocycles. The number of hydrogen-bond donors (Lipinski definition) is 0. The van der Waals surface area contributed by atoms with Crippen molar-refractivity contribution < 1.29 is 0 Å². The van der Waals surface area contributed by atoms with Crippen molar-refractivity contribution in [3.8, 4) is 0 Å². The Bertz CT molecular complexity index is 72.1. The first-order chi connectivity index (χ1) is 4.91. The Morgan fingerprint density at radius 3 is 2.60 bits per heavy atom. The Morgan fingerprint density at radius 1 is 1.20 bits per heavy atom. The van der Waals surface area contributed by atoms with Crippen LogP contribution in [0.4, 0.5) is 0 Å². The van der Waals surface area contributed by atoms with Crippen LogP contribution in [-0.2, 0) is 0 Å². The van der Waals surface area contributed by atoms with Crippen molar-refractivity contribution in [1.29, 1.82) is 0 Å². The van der Waals surface area contributed by atoms with E-state index in [1.165, 1.54) is 25.7 Å². The second kappa shape index (κ2) is 8.74. The van der Waals surface area contributed by atoms with E-state index < -0.39 is 0 Å².